The Balaban J connectivity index is 1.39. The topological polar surface area (TPSA) is 36.3 Å². The zero-order valence-electron chi connectivity index (χ0n) is 18.8. The Morgan fingerprint density at radius 3 is 2.22 bits per heavy atom. The zero-order chi connectivity index (χ0) is 22.6. The number of rotatable bonds is 8. The highest BCUT2D eigenvalue weighted by Gasteiger charge is 2.13. The predicted molar refractivity (Wildman–Crippen MR) is 131 cm³/mol. The van der Waals surface area contributed by atoms with Gasteiger partial charge >= 0.3 is 0 Å². The van der Waals surface area contributed by atoms with Gasteiger partial charge in [0.2, 0.25) is 0 Å². The van der Waals surface area contributed by atoms with Crippen LogP contribution in [-0.4, -0.2) is 16.2 Å². The van der Waals surface area contributed by atoms with Crippen LogP contribution in [0.5, 0.6) is 11.5 Å². The smallest absolute Gasteiger partial charge is 0.147 e. The summed E-state index contributed by atoms with van der Waals surface area (Å²) in [6.45, 7) is 8.48. The summed E-state index contributed by atoms with van der Waals surface area (Å²) in [6, 6.07) is 24.0. The third-order valence-electron chi connectivity index (χ3n) is 5.43. The van der Waals surface area contributed by atoms with Crippen molar-refractivity contribution in [3.63, 3.8) is 0 Å². The summed E-state index contributed by atoms with van der Waals surface area (Å²) < 4.78 is 14.2. The van der Waals surface area contributed by atoms with Gasteiger partial charge in [-0.15, -0.1) is 0 Å². The predicted octanol–water partition coefficient (Wildman–Crippen LogP) is 7.04. The summed E-state index contributed by atoms with van der Waals surface area (Å²) >= 11 is 5.97. The monoisotopic (exact) mass is 448 g/mol. The molecule has 1 heterocycles. The van der Waals surface area contributed by atoms with Crippen LogP contribution in [-0.2, 0) is 18.6 Å². The third-order valence-corrected chi connectivity index (χ3v) is 5.68. The molecule has 5 heteroatoms. The Morgan fingerprint density at radius 2 is 1.50 bits per heavy atom. The fourth-order valence-electron chi connectivity index (χ4n) is 3.63. The summed E-state index contributed by atoms with van der Waals surface area (Å²) in [5.74, 6) is 2.57. The fraction of sp³-hybridized carbons (Fsp3) is 0.296. The summed E-state index contributed by atoms with van der Waals surface area (Å²) in [6.07, 6.45) is 0.870. The van der Waals surface area contributed by atoms with Crippen LogP contribution in [0.3, 0.4) is 0 Å². The first kappa shape index (κ1) is 22.2. The second kappa shape index (κ2) is 9.66. The number of aryl methyl sites for hydroxylation is 1. The maximum atomic E-state index is 5.99. The van der Waals surface area contributed by atoms with E-state index in [4.69, 9.17) is 26.1 Å². The third kappa shape index (κ3) is 5.43. The van der Waals surface area contributed by atoms with Crippen LogP contribution in [0.15, 0.2) is 72.8 Å². The van der Waals surface area contributed by atoms with E-state index in [0.29, 0.717) is 18.2 Å². The van der Waals surface area contributed by atoms with Crippen LogP contribution < -0.4 is 9.47 Å². The summed E-state index contributed by atoms with van der Waals surface area (Å²) in [4.78, 5) is 4.79. The molecule has 0 aliphatic rings. The molecule has 32 heavy (non-hydrogen) atoms. The van der Waals surface area contributed by atoms with Crippen molar-refractivity contribution in [1.82, 2.24) is 9.55 Å². The van der Waals surface area contributed by atoms with Gasteiger partial charge in [-0.05, 0) is 65.9 Å². The number of fused-ring (bicyclic) bond motifs is 1. The number of imidazole rings is 1. The van der Waals surface area contributed by atoms with Gasteiger partial charge in [0.05, 0.1) is 17.6 Å². The molecular weight excluding hydrogens is 420 g/mol. The average Bonchev–Trinajstić information content (AvgIpc) is 3.13. The summed E-state index contributed by atoms with van der Waals surface area (Å²) in [5, 5.41) is 0.692. The number of ether oxygens (including phenoxy) is 2. The molecule has 0 saturated carbocycles. The molecule has 0 N–H and O–H groups in total. The molecule has 0 bridgehead atoms. The van der Waals surface area contributed by atoms with Crippen molar-refractivity contribution in [3.05, 3.63) is 89.2 Å². The molecule has 0 spiro atoms. The van der Waals surface area contributed by atoms with E-state index in [-0.39, 0.29) is 5.41 Å². The van der Waals surface area contributed by atoms with Crippen LogP contribution in [0.25, 0.3) is 11.0 Å². The van der Waals surface area contributed by atoms with E-state index in [1.165, 1.54) is 5.56 Å². The number of halogens is 1. The maximum absolute atomic E-state index is 5.99. The van der Waals surface area contributed by atoms with Crippen LogP contribution in [0.4, 0.5) is 0 Å². The lowest BCUT2D eigenvalue weighted by molar-refractivity contribution is 0.280. The number of benzene rings is 3. The molecule has 1 aromatic heterocycles. The molecule has 0 radical (unpaired) electrons. The Hall–Kier alpha value is -2.98. The molecule has 0 aliphatic heterocycles. The van der Waals surface area contributed by atoms with Crippen molar-refractivity contribution in [3.8, 4) is 11.5 Å². The highest BCUT2D eigenvalue weighted by Crippen LogP contribution is 2.24. The molecular formula is C27H29ClN2O2. The van der Waals surface area contributed by atoms with E-state index >= 15 is 0 Å². The van der Waals surface area contributed by atoms with Gasteiger partial charge in [0.25, 0.3) is 0 Å². The van der Waals surface area contributed by atoms with Crippen molar-refractivity contribution in [2.75, 3.05) is 6.61 Å². The Bertz CT molecular complexity index is 1160. The molecule has 0 fully saturated rings. The first-order chi connectivity index (χ1) is 15.4. The van der Waals surface area contributed by atoms with Gasteiger partial charge in [0, 0.05) is 11.6 Å². The van der Waals surface area contributed by atoms with E-state index in [2.05, 4.69) is 55.7 Å². The van der Waals surface area contributed by atoms with Crippen molar-refractivity contribution in [1.29, 1.82) is 0 Å². The Labute approximate surface area is 194 Å². The standard InChI is InChI=1S/C27H29ClN2O2/c1-27(2,3)20-9-13-22(14-10-20)31-18-6-17-30-25-8-5-4-7-24(25)29-26(30)19-32-23-15-11-21(28)12-16-23/h4-5,7-16H,6,17-19H2,1-3H3. The fourth-order valence-corrected chi connectivity index (χ4v) is 3.75. The minimum atomic E-state index is 0.144. The van der Waals surface area contributed by atoms with Gasteiger partial charge < -0.3 is 14.0 Å². The van der Waals surface area contributed by atoms with Crippen molar-refractivity contribution in [2.24, 2.45) is 0 Å². The van der Waals surface area contributed by atoms with E-state index in [0.717, 1.165) is 41.3 Å². The number of hydrogen-bond acceptors (Lipinski definition) is 3. The van der Waals surface area contributed by atoms with Gasteiger partial charge in [-0.25, -0.2) is 4.98 Å². The van der Waals surface area contributed by atoms with Crippen LogP contribution >= 0.6 is 11.6 Å². The zero-order valence-corrected chi connectivity index (χ0v) is 19.6. The number of nitrogens with zero attached hydrogens (tertiary/aromatic N) is 2. The molecule has 4 nitrogen and oxygen atoms in total. The molecule has 0 amide bonds. The average molecular weight is 449 g/mol. The highest BCUT2D eigenvalue weighted by atomic mass is 35.5. The molecule has 0 atom stereocenters. The normalized spacial score (nSPS) is 11.6. The second-order valence-electron chi connectivity index (χ2n) is 8.89. The Morgan fingerprint density at radius 1 is 0.844 bits per heavy atom. The first-order valence-electron chi connectivity index (χ1n) is 11.0. The Kier molecular flexibility index (Phi) is 6.71. The van der Waals surface area contributed by atoms with Gasteiger partial charge in [-0.3, -0.25) is 0 Å². The molecule has 0 saturated heterocycles. The number of para-hydroxylation sites is 2. The molecule has 0 aliphatic carbocycles. The van der Waals surface area contributed by atoms with Crippen LogP contribution in [0, 0.1) is 0 Å². The molecule has 0 unspecified atom stereocenters. The number of hydrogen-bond donors (Lipinski definition) is 0. The molecule has 4 aromatic rings. The SMILES string of the molecule is CC(C)(C)c1ccc(OCCCn2c(COc3ccc(Cl)cc3)nc3ccccc32)cc1. The lowest BCUT2D eigenvalue weighted by Gasteiger charge is -2.19. The first-order valence-corrected chi connectivity index (χ1v) is 11.3. The lowest BCUT2D eigenvalue weighted by atomic mass is 9.87. The van der Waals surface area contributed by atoms with E-state index in [1.807, 2.05) is 42.5 Å². The lowest BCUT2D eigenvalue weighted by Crippen LogP contribution is -2.11. The molecule has 3 aromatic carbocycles. The van der Waals surface area contributed by atoms with Gasteiger partial charge in [-0.2, -0.15) is 0 Å². The largest absolute Gasteiger partial charge is 0.494 e. The van der Waals surface area contributed by atoms with Gasteiger partial charge in [0.1, 0.15) is 23.9 Å². The van der Waals surface area contributed by atoms with Gasteiger partial charge in [0.15, 0.2) is 0 Å². The number of aromatic nitrogens is 2. The highest BCUT2D eigenvalue weighted by molar-refractivity contribution is 6.30. The summed E-state index contributed by atoms with van der Waals surface area (Å²) in [5.41, 5.74) is 3.53. The second-order valence-corrected chi connectivity index (χ2v) is 9.32. The van der Waals surface area contributed by atoms with E-state index < -0.39 is 0 Å². The van der Waals surface area contributed by atoms with Crippen molar-refractivity contribution < 1.29 is 9.47 Å². The van der Waals surface area contributed by atoms with Crippen LogP contribution in [0.2, 0.25) is 5.02 Å². The van der Waals surface area contributed by atoms with Crippen molar-refractivity contribution in [2.45, 2.75) is 45.8 Å². The quantitative estimate of drug-likeness (QED) is 0.271. The van der Waals surface area contributed by atoms with E-state index in [9.17, 15) is 0 Å². The summed E-state index contributed by atoms with van der Waals surface area (Å²) in [7, 11) is 0. The molecule has 4 rings (SSSR count). The maximum Gasteiger partial charge on any atom is 0.147 e. The van der Waals surface area contributed by atoms with E-state index in [1.54, 1.807) is 0 Å². The van der Waals surface area contributed by atoms with Crippen LogP contribution in [0.1, 0.15) is 38.6 Å². The van der Waals surface area contributed by atoms with Crippen molar-refractivity contribution >= 4 is 22.6 Å². The minimum Gasteiger partial charge on any atom is -0.494 e. The minimum absolute atomic E-state index is 0.144. The molecule has 166 valence electrons. The van der Waals surface area contributed by atoms with Gasteiger partial charge in [-0.1, -0.05) is 56.6 Å².